The van der Waals surface area contributed by atoms with E-state index in [4.69, 9.17) is 27.0 Å². The van der Waals surface area contributed by atoms with Gasteiger partial charge in [-0.05, 0) is 30.0 Å². The minimum absolute atomic E-state index is 0.113. The van der Waals surface area contributed by atoms with Crippen molar-refractivity contribution >= 4 is 31.3 Å². The lowest BCUT2D eigenvalue weighted by atomic mass is 9.82. The molecule has 6 heteroatoms. The highest BCUT2D eigenvalue weighted by Crippen LogP contribution is 2.30. The van der Waals surface area contributed by atoms with Gasteiger partial charge in [0.25, 0.3) is 0 Å². The molecule has 0 fully saturated rings. The number of aryl methyl sites for hydroxylation is 1. The summed E-state index contributed by atoms with van der Waals surface area (Å²) in [5.74, 6) is 0.347. The molecule has 0 aromatic heterocycles. The quantitative estimate of drug-likeness (QED) is 0.753. The summed E-state index contributed by atoms with van der Waals surface area (Å²) in [6, 6.07) is 5.38. The summed E-state index contributed by atoms with van der Waals surface area (Å²) >= 11 is 5.93. The van der Waals surface area contributed by atoms with Gasteiger partial charge in [0, 0.05) is 21.6 Å². The van der Waals surface area contributed by atoms with Gasteiger partial charge in [-0.15, -0.1) is 0 Å². The highest BCUT2D eigenvalue weighted by molar-refractivity contribution is 8.13. The smallest absolute Gasteiger partial charge is 0.233 e. The number of benzene rings is 1. The van der Waals surface area contributed by atoms with E-state index in [1.54, 1.807) is 12.1 Å². The number of hydrogen-bond acceptors (Lipinski definition) is 3. The van der Waals surface area contributed by atoms with Gasteiger partial charge in [-0.1, -0.05) is 38.4 Å². The van der Waals surface area contributed by atoms with E-state index < -0.39 is 9.05 Å². The fourth-order valence-corrected chi connectivity index (χ4v) is 3.40. The van der Waals surface area contributed by atoms with Crippen LogP contribution in [0.15, 0.2) is 18.2 Å². The van der Waals surface area contributed by atoms with E-state index in [0.29, 0.717) is 10.8 Å². The van der Waals surface area contributed by atoms with Crippen molar-refractivity contribution in [2.75, 3.05) is 12.4 Å². The third-order valence-corrected chi connectivity index (χ3v) is 4.63. The first-order valence-electron chi connectivity index (χ1n) is 6.30. The lowest BCUT2D eigenvalue weighted by Gasteiger charge is -2.29. The third kappa shape index (κ3) is 5.90. The Morgan fingerprint density at radius 2 is 1.90 bits per heavy atom. The van der Waals surface area contributed by atoms with Gasteiger partial charge in [0.1, 0.15) is 5.75 Å². The molecular weight excluding hydrogens is 319 g/mol. The van der Waals surface area contributed by atoms with E-state index in [9.17, 15) is 8.42 Å². The molecule has 0 aliphatic heterocycles. The van der Waals surface area contributed by atoms with Crippen molar-refractivity contribution < 1.29 is 13.2 Å². The van der Waals surface area contributed by atoms with Crippen LogP contribution in [0.25, 0.3) is 0 Å². The van der Waals surface area contributed by atoms with E-state index in [2.05, 4.69) is 0 Å². The Labute approximate surface area is 130 Å². The van der Waals surface area contributed by atoms with Crippen LogP contribution in [0.2, 0.25) is 5.02 Å². The molecule has 0 radical (unpaired) electrons. The van der Waals surface area contributed by atoms with Crippen molar-refractivity contribution in [2.24, 2.45) is 11.3 Å². The van der Waals surface area contributed by atoms with E-state index in [1.807, 2.05) is 33.8 Å². The second-order valence-electron chi connectivity index (χ2n) is 5.99. The molecule has 1 atom stereocenters. The van der Waals surface area contributed by atoms with Gasteiger partial charge in [0.15, 0.2) is 0 Å². The van der Waals surface area contributed by atoms with Gasteiger partial charge in [-0.2, -0.15) is 0 Å². The summed E-state index contributed by atoms with van der Waals surface area (Å²) in [5, 5.41) is 0.586. The van der Waals surface area contributed by atoms with Crippen molar-refractivity contribution in [1.29, 1.82) is 0 Å². The summed E-state index contributed by atoms with van der Waals surface area (Å²) in [7, 11) is 1.80. The van der Waals surface area contributed by atoms with E-state index in [1.165, 1.54) is 0 Å². The molecule has 1 aromatic rings. The summed E-state index contributed by atoms with van der Waals surface area (Å²) < 4.78 is 28.4. The fourth-order valence-electron chi connectivity index (χ4n) is 1.71. The van der Waals surface area contributed by atoms with Crippen LogP contribution in [0, 0.1) is 18.3 Å². The molecule has 0 N–H and O–H groups in total. The summed E-state index contributed by atoms with van der Waals surface area (Å²) in [4.78, 5) is 0. The normalized spacial score (nSPS) is 14.1. The predicted molar refractivity (Wildman–Crippen MR) is 84.3 cm³/mol. The van der Waals surface area contributed by atoms with E-state index in [0.717, 1.165) is 5.56 Å². The summed E-state index contributed by atoms with van der Waals surface area (Å²) in [5.41, 5.74) is 0.727. The molecular formula is C14H20Cl2O3S. The van der Waals surface area contributed by atoms with Crippen molar-refractivity contribution in [3.63, 3.8) is 0 Å². The molecule has 114 valence electrons. The topological polar surface area (TPSA) is 43.4 Å². The van der Waals surface area contributed by atoms with Gasteiger partial charge < -0.3 is 4.74 Å². The Balaban J connectivity index is 2.84. The Hall–Kier alpha value is -0.450. The molecule has 1 rings (SSSR count). The molecule has 0 spiro atoms. The first-order valence-corrected chi connectivity index (χ1v) is 9.16. The molecule has 0 aliphatic rings. The van der Waals surface area contributed by atoms with Crippen molar-refractivity contribution in [3.8, 4) is 5.75 Å². The van der Waals surface area contributed by atoms with Gasteiger partial charge in [0.05, 0.1) is 12.4 Å². The minimum Gasteiger partial charge on any atom is -0.493 e. The molecule has 0 amide bonds. The molecule has 0 bridgehead atoms. The summed E-state index contributed by atoms with van der Waals surface area (Å²) in [6.45, 7) is 8.09. The molecule has 1 unspecified atom stereocenters. The number of hydrogen-bond donors (Lipinski definition) is 0. The maximum atomic E-state index is 11.3. The SMILES string of the molecule is Cc1ccc(Cl)cc1OCC(CS(=O)(=O)Cl)C(C)(C)C. The highest BCUT2D eigenvalue weighted by atomic mass is 35.7. The Bertz CT molecular complexity index is 562. The molecule has 0 saturated carbocycles. The standard InChI is InChI=1S/C14H20Cl2O3S/c1-10-5-6-12(15)7-13(10)19-8-11(14(2,3)4)9-20(16,17)18/h5-7,11H,8-9H2,1-4H3. The van der Waals surface area contributed by atoms with Crippen LogP contribution in [-0.2, 0) is 9.05 Å². The van der Waals surface area contributed by atoms with Crippen LogP contribution in [0.5, 0.6) is 5.75 Å². The van der Waals surface area contributed by atoms with Gasteiger partial charge in [-0.25, -0.2) is 8.42 Å². The monoisotopic (exact) mass is 338 g/mol. The predicted octanol–water partition coefficient (Wildman–Crippen LogP) is 4.26. The summed E-state index contributed by atoms with van der Waals surface area (Å²) in [6.07, 6.45) is 0. The Morgan fingerprint density at radius 1 is 1.30 bits per heavy atom. The number of ether oxygens (including phenoxy) is 1. The van der Waals surface area contributed by atoms with Crippen LogP contribution >= 0.6 is 22.3 Å². The first kappa shape index (κ1) is 17.6. The number of halogens is 2. The number of rotatable bonds is 5. The van der Waals surface area contributed by atoms with Crippen LogP contribution in [0.4, 0.5) is 0 Å². The third-order valence-electron chi connectivity index (χ3n) is 3.22. The van der Waals surface area contributed by atoms with Crippen molar-refractivity contribution in [3.05, 3.63) is 28.8 Å². The van der Waals surface area contributed by atoms with Crippen molar-refractivity contribution in [2.45, 2.75) is 27.7 Å². The van der Waals surface area contributed by atoms with Crippen LogP contribution in [0.3, 0.4) is 0 Å². The zero-order valence-corrected chi connectivity index (χ0v) is 14.4. The average Bonchev–Trinajstić information content (AvgIpc) is 2.25. The molecule has 0 aliphatic carbocycles. The van der Waals surface area contributed by atoms with E-state index in [-0.39, 0.29) is 23.7 Å². The lowest BCUT2D eigenvalue weighted by Crippen LogP contribution is -2.31. The second-order valence-corrected chi connectivity index (χ2v) is 9.25. The maximum absolute atomic E-state index is 11.3. The maximum Gasteiger partial charge on any atom is 0.233 e. The van der Waals surface area contributed by atoms with Crippen LogP contribution < -0.4 is 4.74 Å². The molecule has 3 nitrogen and oxygen atoms in total. The minimum atomic E-state index is -3.56. The van der Waals surface area contributed by atoms with Gasteiger partial charge in [-0.3, -0.25) is 0 Å². The molecule has 20 heavy (non-hydrogen) atoms. The van der Waals surface area contributed by atoms with Crippen LogP contribution in [0.1, 0.15) is 26.3 Å². The first-order chi connectivity index (χ1) is 8.99. The fraction of sp³-hybridized carbons (Fsp3) is 0.571. The largest absolute Gasteiger partial charge is 0.493 e. The molecule has 0 saturated heterocycles. The second kappa shape index (κ2) is 6.54. The van der Waals surface area contributed by atoms with E-state index >= 15 is 0 Å². The Kier molecular flexibility index (Phi) is 5.76. The zero-order chi connectivity index (χ0) is 15.6. The zero-order valence-electron chi connectivity index (χ0n) is 12.1. The Morgan fingerprint density at radius 3 is 2.40 bits per heavy atom. The highest BCUT2D eigenvalue weighted by Gasteiger charge is 2.29. The molecule has 0 heterocycles. The van der Waals surface area contributed by atoms with Crippen molar-refractivity contribution in [1.82, 2.24) is 0 Å². The average molecular weight is 339 g/mol. The van der Waals surface area contributed by atoms with Crippen LogP contribution in [-0.4, -0.2) is 20.8 Å². The van der Waals surface area contributed by atoms with Gasteiger partial charge in [0.2, 0.25) is 9.05 Å². The lowest BCUT2D eigenvalue weighted by molar-refractivity contribution is 0.163. The van der Waals surface area contributed by atoms with Gasteiger partial charge >= 0.3 is 0 Å². The molecule has 1 aromatic carbocycles.